The predicted molar refractivity (Wildman–Crippen MR) is 67.6 cm³/mol. The van der Waals surface area contributed by atoms with Gasteiger partial charge in [-0.25, -0.2) is 0 Å². The zero-order chi connectivity index (χ0) is 11.4. The van der Waals surface area contributed by atoms with Gasteiger partial charge in [0.15, 0.2) is 0 Å². The van der Waals surface area contributed by atoms with Crippen molar-refractivity contribution in [3.63, 3.8) is 0 Å². The maximum Gasteiger partial charge on any atom is 0.122 e. The van der Waals surface area contributed by atoms with Crippen LogP contribution in [0.3, 0.4) is 0 Å². The van der Waals surface area contributed by atoms with E-state index in [0.717, 1.165) is 23.2 Å². The SMILES string of the molecule is Nc1cc(Br)cc(OCC2CCCCO2)c1. The summed E-state index contributed by atoms with van der Waals surface area (Å²) in [6, 6.07) is 5.59. The molecule has 0 spiro atoms. The summed E-state index contributed by atoms with van der Waals surface area (Å²) >= 11 is 3.39. The standard InChI is InChI=1S/C12H16BrNO2/c13-9-5-10(14)7-12(6-9)16-8-11-3-1-2-4-15-11/h5-7,11H,1-4,8,14H2. The molecule has 0 aliphatic carbocycles. The normalized spacial score (nSPS) is 20.7. The van der Waals surface area contributed by atoms with Gasteiger partial charge in [-0.1, -0.05) is 15.9 Å². The molecule has 2 rings (SSSR count). The van der Waals surface area contributed by atoms with Gasteiger partial charge in [0, 0.05) is 22.8 Å². The fourth-order valence-electron chi connectivity index (χ4n) is 1.80. The smallest absolute Gasteiger partial charge is 0.122 e. The Balaban J connectivity index is 1.88. The molecule has 1 aliphatic heterocycles. The Labute approximate surface area is 104 Å². The van der Waals surface area contributed by atoms with Gasteiger partial charge in [-0.2, -0.15) is 0 Å². The number of ether oxygens (including phenoxy) is 2. The molecule has 0 bridgehead atoms. The third kappa shape index (κ3) is 3.39. The average Bonchev–Trinajstić information content (AvgIpc) is 2.27. The van der Waals surface area contributed by atoms with Crippen LogP contribution in [0.5, 0.6) is 5.75 Å². The van der Waals surface area contributed by atoms with Crippen molar-refractivity contribution in [2.24, 2.45) is 0 Å². The quantitative estimate of drug-likeness (QED) is 0.869. The van der Waals surface area contributed by atoms with E-state index < -0.39 is 0 Å². The van der Waals surface area contributed by atoms with Crippen molar-refractivity contribution in [2.45, 2.75) is 25.4 Å². The Bertz CT molecular complexity index is 331. The van der Waals surface area contributed by atoms with Crippen LogP contribution in [0.4, 0.5) is 5.69 Å². The number of hydrogen-bond acceptors (Lipinski definition) is 3. The lowest BCUT2D eigenvalue weighted by molar-refractivity contribution is -0.0110. The van der Waals surface area contributed by atoms with E-state index in [4.69, 9.17) is 15.2 Å². The Morgan fingerprint density at radius 2 is 2.25 bits per heavy atom. The number of nitrogens with two attached hydrogens (primary N) is 1. The molecule has 1 aromatic rings. The maximum atomic E-state index is 5.73. The Morgan fingerprint density at radius 3 is 2.94 bits per heavy atom. The number of rotatable bonds is 3. The molecular weight excluding hydrogens is 270 g/mol. The molecule has 3 nitrogen and oxygen atoms in total. The summed E-state index contributed by atoms with van der Waals surface area (Å²) < 4.78 is 12.2. The molecule has 0 radical (unpaired) electrons. The first-order valence-corrected chi connectivity index (χ1v) is 6.34. The summed E-state index contributed by atoms with van der Waals surface area (Å²) in [4.78, 5) is 0. The second-order valence-electron chi connectivity index (χ2n) is 4.02. The molecule has 4 heteroatoms. The lowest BCUT2D eigenvalue weighted by Gasteiger charge is -2.22. The minimum Gasteiger partial charge on any atom is -0.491 e. The minimum atomic E-state index is 0.231. The van der Waals surface area contributed by atoms with Crippen molar-refractivity contribution in [3.05, 3.63) is 22.7 Å². The minimum absolute atomic E-state index is 0.231. The van der Waals surface area contributed by atoms with Crippen LogP contribution in [0.1, 0.15) is 19.3 Å². The Hall–Kier alpha value is -0.740. The highest BCUT2D eigenvalue weighted by Crippen LogP contribution is 2.23. The van der Waals surface area contributed by atoms with Crippen LogP contribution in [-0.2, 0) is 4.74 Å². The predicted octanol–water partition coefficient (Wildman–Crippen LogP) is 2.98. The molecule has 1 atom stereocenters. The molecule has 88 valence electrons. The lowest BCUT2D eigenvalue weighted by Crippen LogP contribution is -2.25. The molecule has 1 aliphatic rings. The zero-order valence-corrected chi connectivity index (χ0v) is 10.7. The molecule has 1 fully saturated rings. The summed E-state index contributed by atoms with van der Waals surface area (Å²) in [5.41, 5.74) is 6.43. The highest BCUT2D eigenvalue weighted by Gasteiger charge is 2.14. The summed E-state index contributed by atoms with van der Waals surface area (Å²) in [5, 5.41) is 0. The molecule has 16 heavy (non-hydrogen) atoms. The average molecular weight is 286 g/mol. The third-order valence-corrected chi connectivity index (χ3v) is 3.06. The van der Waals surface area contributed by atoms with Crippen molar-refractivity contribution in [1.82, 2.24) is 0 Å². The molecule has 0 aromatic heterocycles. The van der Waals surface area contributed by atoms with Crippen LogP contribution in [0, 0.1) is 0 Å². The van der Waals surface area contributed by atoms with Crippen molar-refractivity contribution in [2.75, 3.05) is 18.9 Å². The van der Waals surface area contributed by atoms with E-state index in [1.165, 1.54) is 12.8 Å². The molecule has 0 saturated carbocycles. The van der Waals surface area contributed by atoms with Crippen molar-refractivity contribution in [1.29, 1.82) is 0 Å². The van der Waals surface area contributed by atoms with Gasteiger partial charge in [0.1, 0.15) is 12.4 Å². The van der Waals surface area contributed by atoms with Crippen LogP contribution in [-0.4, -0.2) is 19.3 Å². The number of benzene rings is 1. The highest BCUT2D eigenvalue weighted by molar-refractivity contribution is 9.10. The van der Waals surface area contributed by atoms with Crippen LogP contribution in [0.25, 0.3) is 0 Å². The van der Waals surface area contributed by atoms with Crippen LogP contribution >= 0.6 is 15.9 Å². The van der Waals surface area contributed by atoms with Crippen molar-refractivity contribution < 1.29 is 9.47 Å². The summed E-state index contributed by atoms with van der Waals surface area (Å²) in [6.45, 7) is 1.46. The van der Waals surface area contributed by atoms with Gasteiger partial charge >= 0.3 is 0 Å². The topological polar surface area (TPSA) is 44.5 Å². The fourth-order valence-corrected chi connectivity index (χ4v) is 2.29. The van der Waals surface area contributed by atoms with Gasteiger partial charge in [-0.05, 0) is 31.4 Å². The second kappa shape index (κ2) is 5.55. The molecule has 1 heterocycles. The molecule has 0 amide bonds. The summed E-state index contributed by atoms with van der Waals surface area (Å²) in [5.74, 6) is 0.793. The molecule has 2 N–H and O–H groups in total. The lowest BCUT2D eigenvalue weighted by atomic mass is 10.1. The van der Waals surface area contributed by atoms with E-state index in [-0.39, 0.29) is 6.10 Å². The largest absolute Gasteiger partial charge is 0.491 e. The molecule has 1 aromatic carbocycles. The van der Waals surface area contributed by atoms with Crippen molar-refractivity contribution in [3.8, 4) is 5.75 Å². The van der Waals surface area contributed by atoms with Crippen LogP contribution in [0.2, 0.25) is 0 Å². The zero-order valence-electron chi connectivity index (χ0n) is 9.12. The van der Waals surface area contributed by atoms with Crippen LogP contribution < -0.4 is 10.5 Å². The van der Waals surface area contributed by atoms with E-state index in [9.17, 15) is 0 Å². The van der Waals surface area contributed by atoms with Crippen LogP contribution in [0.15, 0.2) is 22.7 Å². The van der Waals surface area contributed by atoms with Gasteiger partial charge in [-0.15, -0.1) is 0 Å². The Morgan fingerprint density at radius 1 is 1.38 bits per heavy atom. The van der Waals surface area contributed by atoms with E-state index >= 15 is 0 Å². The monoisotopic (exact) mass is 285 g/mol. The maximum absolute atomic E-state index is 5.73. The van der Waals surface area contributed by atoms with Gasteiger partial charge in [0.05, 0.1) is 6.10 Å². The number of halogens is 1. The number of hydrogen-bond donors (Lipinski definition) is 1. The van der Waals surface area contributed by atoms with E-state index in [2.05, 4.69) is 15.9 Å². The van der Waals surface area contributed by atoms with E-state index in [1.807, 2.05) is 18.2 Å². The van der Waals surface area contributed by atoms with Gasteiger partial charge in [0.25, 0.3) is 0 Å². The highest BCUT2D eigenvalue weighted by atomic mass is 79.9. The van der Waals surface area contributed by atoms with E-state index in [0.29, 0.717) is 12.3 Å². The summed E-state index contributed by atoms with van der Waals surface area (Å²) in [6.07, 6.45) is 3.72. The van der Waals surface area contributed by atoms with Crippen molar-refractivity contribution >= 4 is 21.6 Å². The van der Waals surface area contributed by atoms with Gasteiger partial charge in [0.2, 0.25) is 0 Å². The van der Waals surface area contributed by atoms with E-state index in [1.54, 1.807) is 0 Å². The molecular formula is C12H16BrNO2. The third-order valence-electron chi connectivity index (χ3n) is 2.60. The first kappa shape index (κ1) is 11.7. The first-order chi connectivity index (χ1) is 7.74. The number of nitrogen functional groups attached to an aromatic ring is 1. The Kier molecular flexibility index (Phi) is 4.07. The summed E-state index contributed by atoms with van der Waals surface area (Å²) in [7, 11) is 0. The number of anilines is 1. The van der Waals surface area contributed by atoms with Gasteiger partial charge in [-0.3, -0.25) is 0 Å². The fraction of sp³-hybridized carbons (Fsp3) is 0.500. The van der Waals surface area contributed by atoms with Gasteiger partial charge < -0.3 is 15.2 Å². The molecule has 1 unspecified atom stereocenters. The first-order valence-electron chi connectivity index (χ1n) is 5.54. The molecule has 1 saturated heterocycles. The second-order valence-corrected chi connectivity index (χ2v) is 4.94.